The molecule has 156 valence electrons. The fourth-order valence-electron chi connectivity index (χ4n) is 4.60. The third kappa shape index (κ3) is 3.89. The van der Waals surface area contributed by atoms with Gasteiger partial charge in [0.05, 0.1) is 30.4 Å². The van der Waals surface area contributed by atoms with Crippen molar-refractivity contribution in [1.29, 1.82) is 0 Å². The minimum Gasteiger partial charge on any atom is -0.335 e. The summed E-state index contributed by atoms with van der Waals surface area (Å²) in [5.74, 6) is -0.131. The van der Waals surface area contributed by atoms with Gasteiger partial charge in [-0.2, -0.15) is 5.10 Å². The Balaban J connectivity index is 1.25. The van der Waals surface area contributed by atoms with Gasteiger partial charge >= 0.3 is 0 Å². The summed E-state index contributed by atoms with van der Waals surface area (Å²) in [7, 11) is 0. The average Bonchev–Trinajstić information content (AvgIpc) is 3.45. The van der Waals surface area contributed by atoms with E-state index in [1.165, 1.54) is 32.0 Å². The molecule has 0 bridgehead atoms. The van der Waals surface area contributed by atoms with Gasteiger partial charge in [0.2, 0.25) is 5.91 Å². The van der Waals surface area contributed by atoms with Crippen LogP contribution in [-0.2, 0) is 24.4 Å². The van der Waals surface area contributed by atoms with Gasteiger partial charge < -0.3 is 4.90 Å². The van der Waals surface area contributed by atoms with Gasteiger partial charge in [0.25, 0.3) is 0 Å². The zero-order valence-corrected chi connectivity index (χ0v) is 16.6. The molecule has 2 aromatic rings. The Morgan fingerprint density at radius 1 is 1.14 bits per heavy atom. The number of amides is 1. The van der Waals surface area contributed by atoms with E-state index in [1.807, 2.05) is 4.90 Å². The van der Waals surface area contributed by atoms with Crippen LogP contribution in [-0.4, -0.2) is 71.9 Å². The van der Waals surface area contributed by atoms with Crippen molar-refractivity contribution in [3.05, 3.63) is 23.8 Å². The van der Waals surface area contributed by atoms with Crippen LogP contribution in [0.3, 0.4) is 0 Å². The van der Waals surface area contributed by atoms with E-state index < -0.39 is 0 Å². The van der Waals surface area contributed by atoms with Gasteiger partial charge in [-0.3, -0.25) is 19.8 Å². The third-order valence-electron chi connectivity index (χ3n) is 6.16. The first kappa shape index (κ1) is 18.6. The summed E-state index contributed by atoms with van der Waals surface area (Å²) in [6.45, 7) is 5.80. The van der Waals surface area contributed by atoms with E-state index in [2.05, 4.69) is 42.0 Å². The van der Waals surface area contributed by atoms with Crippen LogP contribution in [0, 0.1) is 5.92 Å². The number of nitrogens with one attached hydrogen (secondary N) is 2. The van der Waals surface area contributed by atoms with Gasteiger partial charge in [0.15, 0.2) is 0 Å². The molecule has 2 fully saturated rings. The summed E-state index contributed by atoms with van der Waals surface area (Å²) in [6.07, 6.45) is 6.49. The molecule has 11 heteroatoms. The Kier molecular flexibility index (Phi) is 5.25. The smallest absolute Gasteiger partial charge is 0.231 e. The van der Waals surface area contributed by atoms with Gasteiger partial charge in [0.1, 0.15) is 12.5 Å². The third-order valence-corrected chi connectivity index (χ3v) is 6.16. The van der Waals surface area contributed by atoms with Crippen LogP contribution in [0.2, 0.25) is 0 Å². The number of rotatable bonds is 4. The van der Waals surface area contributed by atoms with Crippen molar-refractivity contribution in [3.63, 3.8) is 0 Å². The van der Waals surface area contributed by atoms with Gasteiger partial charge in [-0.25, -0.2) is 10.1 Å². The normalized spacial score (nSPS) is 25.7. The Hall–Kier alpha value is -2.37. The molecule has 2 unspecified atom stereocenters. The van der Waals surface area contributed by atoms with Crippen molar-refractivity contribution in [1.82, 2.24) is 50.6 Å². The highest BCUT2D eigenvalue weighted by Crippen LogP contribution is 2.23. The number of nitrogens with zero attached hydrogens (tertiary/aromatic N) is 8. The Morgan fingerprint density at radius 2 is 2.00 bits per heavy atom. The molecule has 2 saturated heterocycles. The van der Waals surface area contributed by atoms with Crippen LogP contribution in [0.4, 0.5) is 0 Å². The molecule has 1 amide bonds. The molecule has 0 saturated carbocycles. The summed E-state index contributed by atoms with van der Waals surface area (Å²) in [5.41, 5.74) is 8.41. The highest BCUT2D eigenvalue weighted by molar-refractivity contribution is 5.80. The largest absolute Gasteiger partial charge is 0.335 e. The van der Waals surface area contributed by atoms with Crippen LogP contribution in [0.15, 0.2) is 12.4 Å². The maximum absolute atomic E-state index is 13.2. The zero-order valence-electron chi connectivity index (χ0n) is 16.6. The zero-order chi connectivity index (χ0) is 19.6. The summed E-state index contributed by atoms with van der Waals surface area (Å²) >= 11 is 0. The first-order chi connectivity index (χ1) is 14.3. The molecule has 2 atom stereocenters. The van der Waals surface area contributed by atoms with Gasteiger partial charge in [-0.05, 0) is 42.4 Å². The number of hydrogen-bond acceptors (Lipinski definition) is 8. The minimum atomic E-state index is -0.275. The van der Waals surface area contributed by atoms with Crippen LogP contribution >= 0.6 is 0 Å². The maximum Gasteiger partial charge on any atom is 0.231 e. The van der Waals surface area contributed by atoms with E-state index in [-0.39, 0.29) is 18.0 Å². The molecule has 3 aliphatic heterocycles. The predicted molar refractivity (Wildman–Crippen MR) is 103 cm³/mol. The Bertz CT molecular complexity index is 826. The maximum atomic E-state index is 13.2. The molecule has 0 spiro atoms. The molecule has 5 heterocycles. The number of fused-ring (bicyclic) bond motifs is 1. The molecule has 0 radical (unpaired) electrons. The topological polar surface area (TPSA) is 109 Å². The van der Waals surface area contributed by atoms with E-state index >= 15 is 0 Å². The van der Waals surface area contributed by atoms with Crippen molar-refractivity contribution < 1.29 is 4.79 Å². The van der Waals surface area contributed by atoms with Gasteiger partial charge in [0, 0.05) is 19.6 Å². The lowest BCUT2D eigenvalue weighted by atomic mass is 10.1. The number of aromatic nitrogens is 6. The summed E-state index contributed by atoms with van der Waals surface area (Å²) < 4.78 is 3.66. The molecule has 0 aromatic carbocycles. The fraction of sp³-hybridized carbons (Fsp3) is 0.722. The number of likely N-dealkylation sites (tertiary alicyclic amines) is 1. The summed E-state index contributed by atoms with van der Waals surface area (Å²) in [5, 5.41) is 16.1. The van der Waals surface area contributed by atoms with Crippen LogP contribution < -0.4 is 10.9 Å². The molecule has 2 aromatic heterocycles. The first-order valence-electron chi connectivity index (χ1n) is 10.6. The monoisotopic (exact) mass is 400 g/mol. The van der Waals surface area contributed by atoms with Crippen LogP contribution in [0.5, 0.6) is 0 Å². The van der Waals surface area contributed by atoms with Gasteiger partial charge in [-0.15, -0.1) is 5.10 Å². The van der Waals surface area contributed by atoms with Gasteiger partial charge in [-0.1, -0.05) is 12.8 Å². The quantitative estimate of drug-likeness (QED) is 0.708. The fourth-order valence-corrected chi connectivity index (χ4v) is 4.60. The molecular formula is C18H28N10O. The van der Waals surface area contributed by atoms with Crippen molar-refractivity contribution in [2.24, 2.45) is 5.92 Å². The van der Waals surface area contributed by atoms with Crippen molar-refractivity contribution in [2.45, 2.75) is 51.5 Å². The lowest BCUT2D eigenvalue weighted by Crippen LogP contribution is -2.44. The Labute approximate surface area is 169 Å². The molecule has 5 rings (SSSR count). The second-order valence-corrected chi connectivity index (χ2v) is 8.17. The van der Waals surface area contributed by atoms with E-state index in [4.69, 9.17) is 5.10 Å². The van der Waals surface area contributed by atoms with E-state index in [0.717, 1.165) is 37.6 Å². The molecule has 11 nitrogen and oxygen atoms in total. The molecule has 29 heavy (non-hydrogen) atoms. The first-order valence-corrected chi connectivity index (χ1v) is 10.6. The Morgan fingerprint density at radius 3 is 2.79 bits per heavy atom. The lowest BCUT2D eigenvalue weighted by molar-refractivity contribution is -0.137. The molecule has 0 aliphatic carbocycles. The second-order valence-electron chi connectivity index (χ2n) is 8.17. The van der Waals surface area contributed by atoms with Crippen molar-refractivity contribution in [3.8, 4) is 0 Å². The highest BCUT2D eigenvalue weighted by Gasteiger charge is 2.38. The van der Waals surface area contributed by atoms with Crippen LogP contribution in [0.1, 0.15) is 43.2 Å². The molecule has 3 aliphatic rings. The SMILES string of the molecule is O=C(C1CNNC1n1cnnn1)N1CCn2nc(CN3CCCCCC3)cc2C1. The predicted octanol–water partition coefficient (Wildman–Crippen LogP) is -0.489. The van der Waals surface area contributed by atoms with E-state index in [0.29, 0.717) is 19.6 Å². The number of tetrazole rings is 1. The van der Waals surface area contributed by atoms with Crippen LogP contribution in [0.25, 0.3) is 0 Å². The number of hydrazine groups is 1. The van der Waals surface area contributed by atoms with E-state index in [9.17, 15) is 4.79 Å². The lowest BCUT2D eigenvalue weighted by Gasteiger charge is -2.30. The van der Waals surface area contributed by atoms with Crippen molar-refractivity contribution in [2.75, 3.05) is 26.2 Å². The number of hydrogen-bond donors (Lipinski definition) is 2. The standard InChI is InChI=1S/C18H28N10O/c29-18(16-10-19-21-17(16)28-13-20-23-24-28)26-7-8-27-15(12-26)9-14(22-27)11-25-5-3-1-2-4-6-25/h9,13,16-17,19,21H,1-8,10-12H2. The van der Waals surface area contributed by atoms with Crippen molar-refractivity contribution >= 4 is 5.91 Å². The second kappa shape index (κ2) is 8.17. The van der Waals surface area contributed by atoms with E-state index in [1.54, 1.807) is 4.68 Å². The average molecular weight is 400 g/mol. The number of carbonyl (C=O) groups excluding carboxylic acids is 1. The summed E-state index contributed by atoms with van der Waals surface area (Å²) in [4.78, 5) is 17.6. The summed E-state index contributed by atoms with van der Waals surface area (Å²) in [6, 6.07) is 2.17. The number of carbonyl (C=O) groups is 1. The highest BCUT2D eigenvalue weighted by atomic mass is 16.2. The molecular weight excluding hydrogens is 372 g/mol. The molecule has 2 N–H and O–H groups in total. The minimum absolute atomic E-state index is 0.115.